The lowest BCUT2D eigenvalue weighted by Crippen LogP contribution is -2.28. The molecule has 11 rings (SSSR count). The number of rotatable bonds is 5. The summed E-state index contributed by atoms with van der Waals surface area (Å²) in [5.74, 6) is 0.851. The number of anilines is 5. The second-order valence-electron chi connectivity index (χ2n) is 13.5. The molecule has 2 atom stereocenters. The Morgan fingerprint density at radius 1 is 0.577 bits per heavy atom. The van der Waals surface area contributed by atoms with Gasteiger partial charge in [-0.05, 0) is 77.7 Å². The molecule has 0 saturated carbocycles. The number of oxazole rings is 1. The number of aromatic nitrogens is 1. The van der Waals surface area contributed by atoms with E-state index in [1.807, 2.05) is 42.5 Å². The van der Waals surface area contributed by atoms with Crippen molar-refractivity contribution in [2.75, 3.05) is 9.80 Å². The van der Waals surface area contributed by atoms with Crippen LogP contribution in [0.3, 0.4) is 0 Å². The number of fused-ring (bicyclic) bond motifs is 9. The van der Waals surface area contributed by atoms with Crippen LogP contribution in [0.1, 0.15) is 11.5 Å². The summed E-state index contributed by atoms with van der Waals surface area (Å²) in [5.41, 5.74) is 10.9. The Morgan fingerprint density at radius 2 is 1.29 bits per heavy atom. The summed E-state index contributed by atoms with van der Waals surface area (Å²) in [6, 6.07) is 53.3. The van der Waals surface area contributed by atoms with Crippen molar-refractivity contribution in [1.82, 2.24) is 4.98 Å². The lowest BCUT2D eigenvalue weighted by molar-refractivity contribution is 0.623. The van der Waals surface area contributed by atoms with Gasteiger partial charge in [-0.3, -0.25) is 0 Å². The van der Waals surface area contributed by atoms with Crippen molar-refractivity contribution in [2.45, 2.75) is 12.0 Å². The number of hydrogen-bond acceptors (Lipinski definition) is 5. The van der Waals surface area contributed by atoms with E-state index in [4.69, 9.17) is 13.8 Å². The Hall–Kier alpha value is -6.85. The molecule has 0 radical (unpaired) electrons. The van der Waals surface area contributed by atoms with Crippen molar-refractivity contribution in [2.24, 2.45) is 0 Å². The Balaban J connectivity index is 1.19. The van der Waals surface area contributed by atoms with Crippen LogP contribution in [-0.4, -0.2) is 11.0 Å². The predicted molar refractivity (Wildman–Crippen MR) is 212 cm³/mol. The molecule has 2 aliphatic rings. The second kappa shape index (κ2) is 11.3. The van der Waals surface area contributed by atoms with Gasteiger partial charge in [-0.15, -0.1) is 0 Å². The molecule has 7 aromatic carbocycles. The molecule has 0 bridgehead atoms. The van der Waals surface area contributed by atoms with Gasteiger partial charge in [0.05, 0.1) is 11.7 Å². The maximum absolute atomic E-state index is 6.68. The topological polar surface area (TPSA) is 45.7 Å². The van der Waals surface area contributed by atoms with Crippen molar-refractivity contribution in [3.8, 4) is 11.5 Å². The van der Waals surface area contributed by atoms with Gasteiger partial charge in [0.1, 0.15) is 16.7 Å². The highest BCUT2D eigenvalue weighted by atomic mass is 16.3. The van der Waals surface area contributed by atoms with E-state index in [1.165, 1.54) is 16.9 Å². The fraction of sp³-hybridized carbons (Fsp3) is 0.0426. The van der Waals surface area contributed by atoms with E-state index >= 15 is 0 Å². The first-order valence-corrected chi connectivity index (χ1v) is 17.7. The third kappa shape index (κ3) is 4.39. The van der Waals surface area contributed by atoms with E-state index in [0.717, 1.165) is 66.4 Å². The molecular weight excluding hydrogens is 639 g/mol. The Kier molecular flexibility index (Phi) is 6.31. The zero-order valence-electron chi connectivity index (χ0n) is 28.1. The molecule has 2 aromatic heterocycles. The molecule has 0 amide bonds. The van der Waals surface area contributed by atoms with Gasteiger partial charge < -0.3 is 18.6 Å². The molecule has 9 aromatic rings. The summed E-state index contributed by atoms with van der Waals surface area (Å²) >= 11 is 0. The predicted octanol–water partition coefficient (Wildman–Crippen LogP) is 12.7. The van der Waals surface area contributed by atoms with Crippen LogP contribution in [0.15, 0.2) is 185 Å². The van der Waals surface area contributed by atoms with Gasteiger partial charge in [0.2, 0.25) is 5.89 Å². The summed E-state index contributed by atoms with van der Waals surface area (Å²) in [6.07, 6.45) is 8.99. The second-order valence-corrected chi connectivity index (χ2v) is 13.5. The summed E-state index contributed by atoms with van der Waals surface area (Å²) in [4.78, 5) is 10.1. The van der Waals surface area contributed by atoms with E-state index in [0.29, 0.717) is 5.89 Å². The molecule has 246 valence electrons. The molecule has 0 N–H and O–H groups in total. The van der Waals surface area contributed by atoms with Gasteiger partial charge in [-0.2, -0.15) is 0 Å². The van der Waals surface area contributed by atoms with Crippen molar-refractivity contribution >= 4 is 72.2 Å². The molecule has 5 heteroatoms. The summed E-state index contributed by atoms with van der Waals surface area (Å²) in [5, 5.41) is 4.25. The standard InChI is InChI=1S/C47H31N3O2/c1-3-13-30(14-4-1)47-48-45-42(27-31-15-7-8-18-35(31)46(45)52-47)49(33-24-26-44-39(28-33)38-20-10-12-22-43(38)51-44)34-23-25-37-36-19-9-11-21-40(36)50(41(37)29-34)32-16-5-2-6-17-32/h1-29,36,40H. The Labute approximate surface area is 300 Å². The quantitative estimate of drug-likeness (QED) is 0.182. The van der Waals surface area contributed by atoms with Gasteiger partial charge in [0.15, 0.2) is 5.58 Å². The van der Waals surface area contributed by atoms with Crippen LogP contribution in [0, 0.1) is 0 Å². The smallest absolute Gasteiger partial charge is 0.227 e. The number of nitrogens with zero attached hydrogens (tertiary/aromatic N) is 3. The Morgan fingerprint density at radius 3 is 2.17 bits per heavy atom. The zero-order chi connectivity index (χ0) is 34.2. The highest BCUT2D eigenvalue weighted by Gasteiger charge is 2.38. The first-order chi connectivity index (χ1) is 25.8. The van der Waals surface area contributed by atoms with Crippen LogP contribution in [0.25, 0.3) is 55.3 Å². The molecule has 3 heterocycles. The summed E-state index contributed by atoms with van der Waals surface area (Å²) in [6.45, 7) is 0. The number of hydrogen-bond donors (Lipinski definition) is 0. The largest absolute Gasteiger partial charge is 0.456 e. The van der Waals surface area contributed by atoms with Gasteiger partial charge >= 0.3 is 0 Å². The maximum atomic E-state index is 6.68. The van der Waals surface area contributed by atoms with Crippen LogP contribution in [0.5, 0.6) is 0 Å². The fourth-order valence-electron chi connectivity index (χ4n) is 8.23. The summed E-state index contributed by atoms with van der Waals surface area (Å²) < 4.78 is 13.0. The Bertz CT molecular complexity index is 2880. The third-order valence-corrected chi connectivity index (χ3v) is 10.6. The molecule has 5 nitrogen and oxygen atoms in total. The van der Waals surface area contributed by atoms with Crippen LogP contribution in [0.2, 0.25) is 0 Å². The molecule has 1 aliphatic heterocycles. The first kappa shape index (κ1) is 28.9. The monoisotopic (exact) mass is 669 g/mol. The minimum absolute atomic E-state index is 0.191. The summed E-state index contributed by atoms with van der Waals surface area (Å²) in [7, 11) is 0. The van der Waals surface area contributed by atoms with Gasteiger partial charge in [-0.25, -0.2) is 4.98 Å². The number of allylic oxidation sites excluding steroid dienone is 2. The molecule has 0 saturated heterocycles. The van der Waals surface area contributed by atoms with Crippen LogP contribution < -0.4 is 9.80 Å². The highest BCUT2D eigenvalue weighted by Crippen LogP contribution is 2.51. The van der Waals surface area contributed by atoms with E-state index in [2.05, 4.69) is 143 Å². The normalized spacial score (nSPS) is 16.3. The lowest BCUT2D eigenvalue weighted by Gasteiger charge is -2.30. The van der Waals surface area contributed by atoms with Crippen LogP contribution in [-0.2, 0) is 0 Å². The maximum Gasteiger partial charge on any atom is 0.227 e. The fourth-order valence-corrected chi connectivity index (χ4v) is 8.23. The van der Waals surface area contributed by atoms with Gasteiger partial charge in [0.25, 0.3) is 0 Å². The van der Waals surface area contributed by atoms with Crippen LogP contribution >= 0.6 is 0 Å². The average Bonchev–Trinajstić information content (AvgIpc) is 3.91. The van der Waals surface area contributed by atoms with Crippen molar-refractivity contribution in [1.29, 1.82) is 0 Å². The van der Waals surface area contributed by atoms with Crippen molar-refractivity contribution < 1.29 is 8.83 Å². The molecule has 0 fully saturated rings. The number of benzene rings is 7. The minimum Gasteiger partial charge on any atom is -0.456 e. The molecule has 1 aliphatic carbocycles. The molecule has 52 heavy (non-hydrogen) atoms. The van der Waals surface area contributed by atoms with Gasteiger partial charge in [0, 0.05) is 50.4 Å². The van der Waals surface area contributed by atoms with Crippen LogP contribution in [0.4, 0.5) is 28.4 Å². The van der Waals surface area contributed by atoms with Crippen molar-refractivity contribution in [3.05, 3.63) is 182 Å². The zero-order valence-corrected chi connectivity index (χ0v) is 28.1. The number of para-hydroxylation sites is 2. The van der Waals surface area contributed by atoms with E-state index in [1.54, 1.807) is 0 Å². The van der Waals surface area contributed by atoms with Gasteiger partial charge in [-0.1, -0.05) is 109 Å². The first-order valence-electron chi connectivity index (χ1n) is 17.7. The highest BCUT2D eigenvalue weighted by molar-refractivity contribution is 6.12. The van der Waals surface area contributed by atoms with E-state index in [9.17, 15) is 0 Å². The SMILES string of the molecule is C1=CC2c3ccc(N(c4ccc5oc6ccccc6c5c4)c4cc5ccccc5c5oc(-c6ccccc6)nc45)cc3N(c3ccccc3)C2C=C1. The lowest BCUT2D eigenvalue weighted by atomic mass is 9.91. The minimum atomic E-state index is 0.191. The van der Waals surface area contributed by atoms with E-state index in [-0.39, 0.29) is 12.0 Å². The molecular formula is C47H31N3O2. The molecule has 0 spiro atoms. The average molecular weight is 670 g/mol. The van der Waals surface area contributed by atoms with Crippen molar-refractivity contribution in [3.63, 3.8) is 0 Å². The third-order valence-electron chi connectivity index (χ3n) is 10.6. The number of furan rings is 1. The molecule has 2 unspecified atom stereocenters. The van der Waals surface area contributed by atoms with E-state index < -0.39 is 0 Å².